The van der Waals surface area contributed by atoms with Gasteiger partial charge in [-0.25, -0.2) is 4.68 Å². The summed E-state index contributed by atoms with van der Waals surface area (Å²) in [5.41, 5.74) is 2.07. The highest BCUT2D eigenvalue weighted by molar-refractivity contribution is 5.83. The first-order chi connectivity index (χ1) is 19.6. The Morgan fingerprint density at radius 1 is 1.12 bits per heavy atom. The van der Waals surface area contributed by atoms with Gasteiger partial charge in [-0.1, -0.05) is 18.9 Å². The molecule has 1 aliphatic carbocycles. The molecule has 11 heteroatoms. The molecule has 0 amide bonds. The van der Waals surface area contributed by atoms with E-state index in [2.05, 4.69) is 30.4 Å². The number of aromatic nitrogens is 6. The van der Waals surface area contributed by atoms with Crippen LogP contribution < -0.4 is 15.0 Å². The van der Waals surface area contributed by atoms with Gasteiger partial charge in [0.25, 0.3) is 5.56 Å². The number of hydrogen-bond donors (Lipinski definition) is 1. The first-order valence-electron chi connectivity index (χ1n) is 14.0. The van der Waals surface area contributed by atoms with Gasteiger partial charge in [-0.3, -0.25) is 14.7 Å². The van der Waals surface area contributed by atoms with Gasteiger partial charge in [-0.2, -0.15) is 0 Å². The third-order valence-electron chi connectivity index (χ3n) is 8.04. The first-order valence-corrected chi connectivity index (χ1v) is 14.0. The molecule has 40 heavy (non-hydrogen) atoms. The normalized spacial score (nSPS) is 18.5. The topological polar surface area (TPSA) is 120 Å². The van der Waals surface area contributed by atoms with Crippen LogP contribution >= 0.6 is 0 Å². The summed E-state index contributed by atoms with van der Waals surface area (Å²) in [4.78, 5) is 23.6. The molecule has 11 nitrogen and oxygen atoms in total. The Balaban J connectivity index is 1.52. The van der Waals surface area contributed by atoms with Gasteiger partial charge < -0.3 is 19.2 Å². The van der Waals surface area contributed by atoms with E-state index < -0.39 is 6.04 Å². The molecule has 0 bridgehead atoms. The predicted molar refractivity (Wildman–Crippen MR) is 148 cm³/mol. The molecule has 2 atom stereocenters. The van der Waals surface area contributed by atoms with E-state index in [4.69, 9.17) is 14.2 Å². The molecule has 1 saturated carbocycles. The van der Waals surface area contributed by atoms with E-state index in [0.29, 0.717) is 41.5 Å². The number of nitrogens with zero attached hydrogens (tertiary/aromatic N) is 6. The Hall–Kier alpha value is -3.83. The molecular weight excluding hydrogens is 510 g/mol. The van der Waals surface area contributed by atoms with Crippen molar-refractivity contribution in [1.82, 2.24) is 35.1 Å². The highest BCUT2D eigenvalue weighted by Gasteiger charge is 2.35. The van der Waals surface area contributed by atoms with Gasteiger partial charge >= 0.3 is 0 Å². The van der Waals surface area contributed by atoms with Crippen molar-refractivity contribution in [3.8, 4) is 11.5 Å². The van der Waals surface area contributed by atoms with Crippen LogP contribution in [0.5, 0.6) is 11.5 Å². The van der Waals surface area contributed by atoms with Crippen molar-refractivity contribution in [2.45, 2.75) is 63.3 Å². The molecule has 1 aromatic carbocycles. The summed E-state index contributed by atoms with van der Waals surface area (Å²) in [6, 6.07) is 9.28. The Morgan fingerprint density at radius 3 is 2.67 bits per heavy atom. The lowest BCUT2D eigenvalue weighted by Crippen LogP contribution is -2.39. The van der Waals surface area contributed by atoms with Crippen LogP contribution in [-0.4, -0.2) is 68.6 Å². The van der Waals surface area contributed by atoms with Crippen LogP contribution in [0.3, 0.4) is 0 Å². The molecule has 1 saturated heterocycles. The molecule has 4 heterocycles. The van der Waals surface area contributed by atoms with Crippen LogP contribution in [0.1, 0.15) is 67.6 Å². The molecule has 0 unspecified atom stereocenters. The summed E-state index contributed by atoms with van der Waals surface area (Å²) in [6.07, 6.45) is 9.99. The summed E-state index contributed by atoms with van der Waals surface area (Å²) in [7, 11) is 3.18. The molecule has 4 aromatic rings. The fourth-order valence-corrected chi connectivity index (χ4v) is 6.08. The number of aromatic amines is 1. The second-order valence-corrected chi connectivity index (χ2v) is 10.6. The Morgan fingerprint density at radius 2 is 1.95 bits per heavy atom. The van der Waals surface area contributed by atoms with Crippen LogP contribution in [0.15, 0.2) is 47.5 Å². The quantitative estimate of drug-likeness (QED) is 0.317. The van der Waals surface area contributed by atoms with Crippen molar-refractivity contribution in [2.24, 2.45) is 0 Å². The summed E-state index contributed by atoms with van der Waals surface area (Å²) in [5, 5.41) is 14.0. The number of ether oxygens (including phenoxy) is 3. The third-order valence-corrected chi connectivity index (χ3v) is 8.04. The summed E-state index contributed by atoms with van der Waals surface area (Å²) < 4.78 is 19.1. The smallest absolute Gasteiger partial charge is 0.253 e. The van der Waals surface area contributed by atoms with Crippen molar-refractivity contribution >= 4 is 10.9 Å². The van der Waals surface area contributed by atoms with E-state index in [-0.39, 0.29) is 17.7 Å². The number of fused-ring (bicyclic) bond motifs is 1. The van der Waals surface area contributed by atoms with Crippen molar-refractivity contribution < 1.29 is 14.2 Å². The number of hydrogen-bond acceptors (Lipinski definition) is 9. The van der Waals surface area contributed by atoms with E-state index in [9.17, 15) is 4.79 Å². The Kier molecular flexibility index (Phi) is 7.74. The largest absolute Gasteiger partial charge is 0.493 e. The van der Waals surface area contributed by atoms with Crippen LogP contribution in [0.25, 0.3) is 10.9 Å². The molecule has 2 aliphatic rings. The molecule has 0 spiro atoms. The van der Waals surface area contributed by atoms with Gasteiger partial charge in [0.05, 0.1) is 31.9 Å². The zero-order chi connectivity index (χ0) is 27.5. The lowest BCUT2D eigenvalue weighted by atomic mass is 10.0. The maximum Gasteiger partial charge on any atom is 0.253 e. The third kappa shape index (κ3) is 5.31. The standard InChI is InChI=1S/C29H35N7O4/c1-38-25-14-20-13-23(29(37)31-24(20)15-26(25)39-2)27(28-32-33-34-36(28)21-8-3-4-9-21)35(18-22-10-6-12-40-22)17-19-7-5-11-30-16-19/h5,7,11,13-16,21-22,27H,3-4,6,8-10,12,17-18H2,1-2H3,(H,31,37)/t22-,27-/m1/s1. The summed E-state index contributed by atoms with van der Waals surface area (Å²) in [6.45, 7) is 1.92. The fourth-order valence-electron chi connectivity index (χ4n) is 6.08. The average Bonchev–Trinajstić information content (AvgIpc) is 3.77. The van der Waals surface area contributed by atoms with Crippen molar-refractivity contribution in [3.63, 3.8) is 0 Å². The number of rotatable bonds is 10. The van der Waals surface area contributed by atoms with Crippen molar-refractivity contribution in [3.05, 3.63) is 70.0 Å². The van der Waals surface area contributed by atoms with Gasteiger partial charge in [0.15, 0.2) is 17.3 Å². The van der Waals surface area contributed by atoms with Gasteiger partial charge in [0, 0.05) is 49.1 Å². The monoisotopic (exact) mass is 545 g/mol. The summed E-state index contributed by atoms with van der Waals surface area (Å²) in [5.74, 6) is 1.81. The van der Waals surface area contributed by atoms with Crippen LogP contribution in [-0.2, 0) is 11.3 Å². The van der Waals surface area contributed by atoms with Crippen LogP contribution in [0.4, 0.5) is 0 Å². The molecule has 1 aliphatic heterocycles. The zero-order valence-electron chi connectivity index (χ0n) is 23.0. The maximum absolute atomic E-state index is 13.9. The van der Waals surface area contributed by atoms with E-state index in [1.807, 2.05) is 35.1 Å². The molecule has 3 aromatic heterocycles. The van der Waals surface area contributed by atoms with Gasteiger partial charge in [-0.05, 0) is 59.9 Å². The number of nitrogens with one attached hydrogen (secondary N) is 1. The van der Waals surface area contributed by atoms with E-state index in [1.54, 1.807) is 26.5 Å². The average molecular weight is 546 g/mol. The zero-order valence-corrected chi connectivity index (χ0v) is 23.0. The highest BCUT2D eigenvalue weighted by atomic mass is 16.5. The number of methoxy groups -OCH3 is 2. The maximum atomic E-state index is 13.9. The molecule has 2 fully saturated rings. The van der Waals surface area contributed by atoms with Gasteiger partial charge in [0.1, 0.15) is 6.04 Å². The Labute approximate surface area is 232 Å². The van der Waals surface area contributed by atoms with E-state index >= 15 is 0 Å². The minimum atomic E-state index is -0.513. The molecular formula is C29H35N7O4. The van der Waals surface area contributed by atoms with E-state index in [0.717, 1.165) is 56.1 Å². The predicted octanol–water partition coefficient (Wildman–Crippen LogP) is 3.81. The van der Waals surface area contributed by atoms with Crippen molar-refractivity contribution in [1.29, 1.82) is 0 Å². The van der Waals surface area contributed by atoms with Crippen molar-refractivity contribution in [2.75, 3.05) is 27.4 Å². The first kappa shape index (κ1) is 26.4. The molecule has 0 radical (unpaired) electrons. The number of tetrazole rings is 1. The number of H-pyrrole nitrogens is 1. The van der Waals surface area contributed by atoms with E-state index in [1.165, 1.54) is 0 Å². The SMILES string of the molecule is COc1cc2cc([C@H](c3nnnn3C3CCCC3)N(Cc3cccnc3)C[C@H]3CCCO3)c(=O)[nH]c2cc1OC. The second kappa shape index (κ2) is 11.7. The highest BCUT2D eigenvalue weighted by Crippen LogP contribution is 2.36. The molecule has 210 valence electrons. The molecule has 6 rings (SSSR count). The Bertz CT molecular complexity index is 1490. The minimum Gasteiger partial charge on any atom is -0.493 e. The summed E-state index contributed by atoms with van der Waals surface area (Å²) >= 11 is 0. The van der Waals surface area contributed by atoms with Crippen LogP contribution in [0, 0.1) is 0 Å². The van der Waals surface area contributed by atoms with Gasteiger partial charge in [-0.15, -0.1) is 5.10 Å². The second-order valence-electron chi connectivity index (χ2n) is 10.6. The number of pyridine rings is 2. The lowest BCUT2D eigenvalue weighted by molar-refractivity contribution is 0.0569. The number of benzene rings is 1. The fraction of sp³-hybridized carbons (Fsp3) is 0.483. The lowest BCUT2D eigenvalue weighted by Gasteiger charge is -2.33. The van der Waals surface area contributed by atoms with Gasteiger partial charge in [0.2, 0.25) is 0 Å². The minimum absolute atomic E-state index is 0.0545. The van der Waals surface area contributed by atoms with Crippen LogP contribution in [0.2, 0.25) is 0 Å². The molecule has 1 N–H and O–H groups in total.